The molecule has 0 fully saturated rings. The number of nitrogens with zero attached hydrogens (tertiary/aromatic N) is 3. The fraction of sp³-hybridized carbons (Fsp3) is 0.111. The van der Waals surface area contributed by atoms with E-state index in [2.05, 4.69) is 25.5 Å². The molecule has 0 bridgehead atoms. The molecule has 0 atom stereocenters. The van der Waals surface area contributed by atoms with Crippen molar-refractivity contribution >= 4 is 38.4 Å². The molecule has 6 rings (SSSR count). The highest BCUT2D eigenvalue weighted by atomic mass is 19.1. The first-order valence-corrected chi connectivity index (χ1v) is 11.4. The van der Waals surface area contributed by atoms with Gasteiger partial charge in [-0.15, -0.1) is 0 Å². The maximum atomic E-state index is 14.9. The van der Waals surface area contributed by atoms with Gasteiger partial charge in [-0.3, -0.25) is 5.10 Å². The lowest BCUT2D eigenvalue weighted by Crippen LogP contribution is -2.12. The number of hydrogen-bond acceptors (Lipinski definition) is 8. The number of aromatic nitrogens is 4. The molecule has 6 aromatic rings. The van der Waals surface area contributed by atoms with E-state index in [1.54, 1.807) is 25.3 Å². The Labute approximate surface area is 208 Å². The maximum Gasteiger partial charge on any atom is 0.349 e. The first kappa shape index (κ1) is 22.5. The van der Waals surface area contributed by atoms with Crippen molar-refractivity contribution in [3.63, 3.8) is 0 Å². The summed E-state index contributed by atoms with van der Waals surface area (Å²) in [5.74, 6) is -0.260. The molecule has 0 unspecified atom stereocenters. The highest BCUT2D eigenvalue weighted by molar-refractivity contribution is 6.00. The van der Waals surface area contributed by atoms with Gasteiger partial charge >= 0.3 is 11.6 Å². The average Bonchev–Trinajstić information content (AvgIpc) is 3.36. The number of phenolic OH excluding ortho intramolecular Hbond substituents is 1. The van der Waals surface area contributed by atoms with Crippen molar-refractivity contribution in [2.45, 2.75) is 13.5 Å². The van der Waals surface area contributed by atoms with Crippen LogP contribution in [0.1, 0.15) is 11.1 Å². The molecule has 0 amide bonds. The summed E-state index contributed by atoms with van der Waals surface area (Å²) in [6.45, 7) is 2.07. The van der Waals surface area contributed by atoms with Crippen LogP contribution in [0.25, 0.3) is 43.9 Å². The third-order valence-corrected chi connectivity index (χ3v) is 6.29. The minimum atomic E-state index is -0.709. The monoisotopic (exact) mass is 497 g/mol. The largest absolute Gasteiger partial charge is 0.508 e. The van der Waals surface area contributed by atoms with E-state index < -0.39 is 11.4 Å². The third-order valence-electron chi connectivity index (χ3n) is 6.29. The van der Waals surface area contributed by atoms with E-state index in [1.807, 2.05) is 18.2 Å². The van der Waals surface area contributed by atoms with E-state index in [0.29, 0.717) is 23.0 Å². The van der Waals surface area contributed by atoms with Gasteiger partial charge in [0.15, 0.2) is 0 Å². The van der Waals surface area contributed by atoms with Crippen LogP contribution in [0.4, 0.5) is 10.2 Å². The number of methoxy groups -OCH3 is 1. The topological polar surface area (TPSA) is 126 Å². The summed E-state index contributed by atoms with van der Waals surface area (Å²) in [5, 5.41) is 22.2. The summed E-state index contributed by atoms with van der Waals surface area (Å²) in [6.07, 6.45) is 1.73. The number of benzene rings is 3. The number of ether oxygens (including phenoxy) is 1. The lowest BCUT2D eigenvalue weighted by Gasteiger charge is -2.14. The number of nitrogens with one attached hydrogen (secondary N) is 2. The highest BCUT2D eigenvalue weighted by Crippen LogP contribution is 2.37. The highest BCUT2D eigenvalue weighted by Gasteiger charge is 2.22. The Hall–Kier alpha value is -4.99. The van der Waals surface area contributed by atoms with Gasteiger partial charge in [0.25, 0.3) is 0 Å². The van der Waals surface area contributed by atoms with Crippen LogP contribution in [-0.2, 0) is 6.54 Å². The molecule has 3 N–H and O–H groups in total. The number of aryl methyl sites for hydroxylation is 1. The van der Waals surface area contributed by atoms with Crippen molar-refractivity contribution in [1.82, 2.24) is 20.2 Å². The Balaban J connectivity index is 1.51. The van der Waals surface area contributed by atoms with Crippen LogP contribution in [0.2, 0.25) is 0 Å². The molecule has 3 aromatic heterocycles. The second-order valence-corrected chi connectivity index (χ2v) is 8.60. The lowest BCUT2D eigenvalue weighted by atomic mass is 9.98. The van der Waals surface area contributed by atoms with Crippen LogP contribution in [0, 0.1) is 12.7 Å². The predicted octanol–water partition coefficient (Wildman–Crippen LogP) is 5.05. The molecular formula is C27H20FN5O4. The van der Waals surface area contributed by atoms with Crippen molar-refractivity contribution in [2.24, 2.45) is 0 Å². The summed E-state index contributed by atoms with van der Waals surface area (Å²) < 4.78 is 25.9. The Morgan fingerprint density at radius 2 is 1.97 bits per heavy atom. The zero-order valence-electron chi connectivity index (χ0n) is 19.8. The molecule has 184 valence electrons. The standard InChI is InChI=1S/C27H20FN5O4/c1-13-23-22(26(35)37-24(13)18-10-17(34)9-15-4-3-5-19(28)21(15)18)25(32-27(31-23)36-2)29-11-14-6-7-20-16(8-14)12-30-33-20/h3-10,12,34H,11H2,1-2H3,(H,30,33)(H,29,31,32). The van der Waals surface area contributed by atoms with Crippen molar-refractivity contribution in [3.05, 3.63) is 82.1 Å². The number of anilines is 1. The van der Waals surface area contributed by atoms with Crippen LogP contribution >= 0.6 is 0 Å². The molecule has 0 aliphatic rings. The normalized spacial score (nSPS) is 11.4. The van der Waals surface area contributed by atoms with Gasteiger partial charge < -0.3 is 19.6 Å². The smallest absolute Gasteiger partial charge is 0.349 e. The summed E-state index contributed by atoms with van der Waals surface area (Å²) in [6, 6.07) is 13.2. The van der Waals surface area contributed by atoms with E-state index in [4.69, 9.17) is 9.15 Å². The van der Waals surface area contributed by atoms with Gasteiger partial charge in [-0.25, -0.2) is 9.18 Å². The summed E-state index contributed by atoms with van der Waals surface area (Å²) in [5.41, 5.74) is 2.15. The Kier molecular flexibility index (Phi) is 5.22. The second-order valence-electron chi connectivity index (χ2n) is 8.60. The molecule has 0 saturated heterocycles. The summed E-state index contributed by atoms with van der Waals surface area (Å²) in [7, 11) is 1.43. The van der Waals surface area contributed by atoms with Crippen molar-refractivity contribution in [1.29, 1.82) is 0 Å². The van der Waals surface area contributed by atoms with Crippen molar-refractivity contribution in [3.8, 4) is 23.1 Å². The number of aromatic hydroxyl groups is 1. The summed E-state index contributed by atoms with van der Waals surface area (Å²) in [4.78, 5) is 22.1. The number of halogens is 1. The van der Waals surface area contributed by atoms with Crippen LogP contribution in [0.3, 0.4) is 0 Å². The zero-order chi connectivity index (χ0) is 25.7. The fourth-order valence-electron chi connectivity index (χ4n) is 4.54. The molecule has 10 heteroatoms. The minimum Gasteiger partial charge on any atom is -0.508 e. The SMILES string of the molecule is COc1nc(NCc2ccc3[nH]ncc3c2)c2c(=O)oc(-c3cc(O)cc4cccc(F)c34)c(C)c2n1. The van der Waals surface area contributed by atoms with E-state index in [1.165, 1.54) is 25.3 Å². The van der Waals surface area contributed by atoms with Gasteiger partial charge in [-0.2, -0.15) is 15.1 Å². The van der Waals surface area contributed by atoms with Gasteiger partial charge in [0.2, 0.25) is 0 Å². The molecule has 9 nitrogen and oxygen atoms in total. The minimum absolute atomic E-state index is 0.0480. The number of hydrogen-bond donors (Lipinski definition) is 3. The molecule has 0 spiro atoms. The molecule has 0 saturated carbocycles. The van der Waals surface area contributed by atoms with E-state index in [-0.39, 0.29) is 39.7 Å². The lowest BCUT2D eigenvalue weighted by molar-refractivity contribution is 0.382. The number of fused-ring (bicyclic) bond motifs is 3. The maximum absolute atomic E-state index is 14.9. The first-order valence-electron chi connectivity index (χ1n) is 11.4. The Morgan fingerprint density at radius 1 is 1.11 bits per heavy atom. The molecule has 0 aliphatic heterocycles. The van der Waals surface area contributed by atoms with Gasteiger partial charge in [0.1, 0.15) is 28.5 Å². The molecule has 0 radical (unpaired) electrons. The van der Waals surface area contributed by atoms with Crippen molar-refractivity contribution in [2.75, 3.05) is 12.4 Å². The van der Waals surface area contributed by atoms with E-state index in [9.17, 15) is 14.3 Å². The second kappa shape index (κ2) is 8.59. The average molecular weight is 497 g/mol. The van der Waals surface area contributed by atoms with Crippen LogP contribution in [0.5, 0.6) is 11.8 Å². The number of rotatable bonds is 5. The Bertz CT molecular complexity index is 1900. The Morgan fingerprint density at radius 3 is 2.81 bits per heavy atom. The van der Waals surface area contributed by atoms with Gasteiger partial charge in [0, 0.05) is 28.4 Å². The molecule has 3 heterocycles. The summed E-state index contributed by atoms with van der Waals surface area (Å²) >= 11 is 0. The molecule has 3 aromatic carbocycles. The third kappa shape index (κ3) is 3.79. The first-order chi connectivity index (χ1) is 17.9. The van der Waals surface area contributed by atoms with Crippen LogP contribution in [0.15, 0.2) is 63.9 Å². The van der Waals surface area contributed by atoms with E-state index in [0.717, 1.165) is 16.5 Å². The zero-order valence-corrected chi connectivity index (χ0v) is 19.8. The van der Waals surface area contributed by atoms with Gasteiger partial charge in [-0.05, 0) is 48.2 Å². The van der Waals surface area contributed by atoms with Gasteiger partial charge in [-0.1, -0.05) is 18.2 Å². The van der Waals surface area contributed by atoms with Crippen molar-refractivity contribution < 1.29 is 18.7 Å². The quantitative estimate of drug-likeness (QED) is 0.302. The molecule has 0 aliphatic carbocycles. The molecule has 37 heavy (non-hydrogen) atoms. The van der Waals surface area contributed by atoms with Crippen LogP contribution < -0.4 is 15.7 Å². The molecular weight excluding hydrogens is 477 g/mol. The van der Waals surface area contributed by atoms with Gasteiger partial charge in [0.05, 0.1) is 24.3 Å². The van der Waals surface area contributed by atoms with E-state index >= 15 is 0 Å². The fourth-order valence-corrected chi connectivity index (χ4v) is 4.54. The number of H-pyrrole nitrogens is 1. The number of phenols is 1. The predicted molar refractivity (Wildman–Crippen MR) is 137 cm³/mol. The number of aromatic amines is 1. The van der Waals surface area contributed by atoms with Crippen LogP contribution in [-0.4, -0.2) is 32.4 Å².